The fourth-order valence-corrected chi connectivity index (χ4v) is 2.35. The van der Waals surface area contributed by atoms with Crippen LogP contribution in [0.4, 0.5) is 0 Å². The van der Waals surface area contributed by atoms with Crippen molar-refractivity contribution in [2.24, 2.45) is 5.41 Å². The van der Waals surface area contributed by atoms with Gasteiger partial charge in [0.15, 0.2) is 0 Å². The predicted octanol–water partition coefficient (Wildman–Crippen LogP) is 0.919. The highest BCUT2D eigenvalue weighted by molar-refractivity contribution is 5.83. The molecule has 0 radical (unpaired) electrons. The van der Waals surface area contributed by atoms with Crippen molar-refractivity contribution in [3.05, 3.63) is 0 Å². The summed E-state index contributed by atoms with van der Waals surface area (Å²) in [4.78, 5) is 12.1. The van der Waals surface area contributed by atoms with Crippen molar-refractivity contribution in [1.82, 2.24) is 10.6 Å². The molecule has 2 N–H and O–H groups in total. The van der Waals surface area contributed by atoms with Gasteiger partial charge in [-0.1, -0.05) is 13.3 Å². The van der Waals surface area contributed by atoms with Gasteiger partial charge in [-0.2, -0.15) is 0 Å². The Balaban J connectivity index is 2.36. The highest BCUT2D eigenvalue weighted by atomic mass is 16.5. The van der Waals surface area contributed by atoms with Gasteiger partial charge in [-0.25, -0.2) is 0 Å². The summed E-state index contributed by atoms with van der Waals surface area (Å²) in [6, 6.07) is 0. The number of ether oxygens (including phenoxy) is 1. The molecule has 1 atom stereocenters. The minimum Gasteiger partial charge on any atom is -0.385 e. The van der Waals surface area contributed by atoms with E-state index in [0.29, 0.717) is 6.61 Å². The Morgan fingerprint density at radius 2 is 2.38 bits per heavy atom. The largest absolute Gasteiger partial charge is 0.385 e. The van der Waals surface area contributed by atoms with Crippen molar-refractivity contribution in [3.63, 3.8) is 0 Å². The molecule has 94 valence electrons. The monoisotopic (exact) mass is 228 g/mol. The van der Waals surface area contributed by atoms with Crippen LogP contribution in [-0.4, -0.2) is 39.3 Å². The minimum atomic E-state index is -0.151. The van der Waals surface area contributed by atoms with Gasteiger partial charge in [0.2, 0.25) is 5.91 Å². The lowest BCUT2D eigenvalue weighted by atomic mass is 9.81. The SMILES string of the molecule is CCCC1(C(=O)NCCCOC)CCNC1. The number of carbonyl (C=O) groups excluding carboxylic acids is 1. The average molecular weight is 228 g/mol. The van der Waals surface area contributed by atoms with Crippen LogP contribution >= 0.6 is 0 Å². The third-order valence-corrected chi connectivity index (χ3v) is 3.26. The minimum absolute atomic E-state index is 0.151. The zero-order chi connectivity index (χ0) is 11.9. The van der Waals surface area contributed by atoms with Crippen LogP contribution in [-0.2, 0) is 9.53 Å². The van der Waals surface area contributed by atoms with Crippen molar-refractivity contribution in [2.75, 3.05) is 33.4 Å². The maximum absolute atomic E-state index is 12.1. The molecule has 0 saturated carbocycles. The molecule has 1 rings (SSSR count). The third-order valence-electron chi connectivity index (χ3n) is 3.26. The van der Waals surface area contributed by atoms with Gasteiger partial charge < -0.3 is 15.4 Å². The topological polar surface area (TPSA) is 50.4 Å². The first-order valence-corrected chi connectivity index (χ1v) is 6.23. The summed E-state index contributed by atoms with van der Waals surface area (Å²) in [5.41, 5.74) is -0.151. The summed E-state index contributed by atoms with van der Waals surface area (Å²) < 4.78 is 4.96. The summed E-state index contributed by atoms with van der Waals surface area (Å²) in [6.07, 6.45) is 3.90. The zero-order valence-corrected chi connectivity index (χ0v) is 10.5. The second-order valence-corrected chi connectivity index (χ2v) is 4.56. The first-order valence-electron chi connectivity index (χ1n) is 6.23. The van der Waals surface area contributed by atoms with E-state index in [-0.39, 0.29) is 11.3 Å². The Morgan fingerprint density at radius 1 is 1.56 bits per heavy atom. The molecule has 0 aromatic carbocycles. The first kappa shape index (κ1) is 13.5. The van der Waals surface area contributed by atoms with Crippen molar-refractivity contribution < 1.29 is 9.53 Å². The Hall–Kier alpha value is -0.610. The lowest BCUT2D eigenvalue weighted by molar-refractivity contribution is -0.130. The normalized spacial score (nSPS) is 24.6. The summed E-state index contributed by atoms with van der Waals surface area (Å²) in [5, 5.41) is 6.32. The molecule has 16 heavy (non-hydrogen) atoms. The lowest BCUT2D eigenvalue weighted by Gasteiger charge is -2.26. The molecule has 0 bridgehead atoms. The average Bonchev–Trinajstić information content (AvgIpc) is 2.74. The molecular weight excluding hydrogens is 204 g/mol. The van der Waals surface area contributed by atoms with Crippen molar-refractivity contribution in [3.8, 4) is 0 Å². The van der Waals surface area contributed by atoms with Crippen LogP contribution in [0.25, 0.3) is 0 Å². The molecule has 0 aliphatic carbocycles. The Kier molecular flexibility index (Phi) is 5.77. The number of carbonyl (C=O) groups is 1. The van der Waals surface area contributed by atoms with E-state index in [2.05, 4.69) is 17.6 Å². The standard InChI is InChI=1S/C12H24N2O2/c1-3-5-12(6-8-13-10-12)11(15)14-7-4-9-16-2/h13H,3-10H2,1-2H3,(H,14,15). The van der Waals surface area contributed by atoms with E-state index in [9.17, 15) is 4.79 Å². The molecule has 4 nitrogen and oxygen atoms in total. The van der Waals surface area contributed by atoms with Gasteiger partial charge in [-0.05, 0) is 25.8 Å². The van der Waals surface area contributed by atoms with Crippen LogP contribution in [0.5, 0.6) is 0 Å². The van der Waals surface area contributed by atoms with Gasteiger partial charge in [0, 0.05) is 26.8 Å². The predicted molar refractivity (Wildman–Crippen MR) is 64.3 cm³/mol. The van der Waals surface area contributed by atoms with Gasteiger partial charge in [-0.3, -0.25) is 4.79 Å². The van der Waals surface area contributed by atoms with Gasteiger partial charge >= 0.3 is 0 Å². The van der Waals surface area contributed by atoms with E-state index in [0.717, 1.165) is 45.3 Å². The number of hydrogen-bond donors (Lipinski definition) is 2. The zero-order valence-electron chi connectivity index (χ0n) is 10.5. The van der Waals surface area contributed by atoms with Crippen LogP contribution in [0.3, 0.4) is 0 Å². The maximum Gasteiger partial charge on any atom is 0.227 e. The highest BCUT2D eigenvalue weighted by Crippen LogP contribution is 2.31. The van der Waals surface area contributed by atoms with Crippen LogP contribution < -0.4 is 10.6 Å². The van der Waals surface area contributed by atoms with Gasteiger partial charge in [0.05, 0.1) is 5.41 Å². The fourth-order valence-electron chi connectivity index (χ4n) is 2.35. The number of rotatable bonds is 7. The first-order chi connectivity index (χ1) is 7.75. The Bertz CT molecular complexity index is 213. The van der Waals surface area contributed by atoms with Gasteiger partial charge in [-0.15, -0.1) is 0 Å². The van der Waals surface area contributed by atoms with E-state index < -0.39 is 0 Å². The molecule has 1 fully saturated rings. The van der Waals surface area contributed by atoms with Crippen LogP contribution in [0.1, 0.15) is 32.6 Å². The molecule has 0 aromatic rings. The molecule has 1 unspecified atom stereocenters. The molecule has 1 heterocycles. The van der Waals surface area contributed by atoms with E-state index in [4.69, 9.17) is 4.74 Å². The number of hydrogen-bond acceptors (Lipinski definition) is 3. The summed E-state index contributed by atoms with van der Waals surface area (Å²) in [6.45, 7) is 5.36. The molecule has 1 amide bonds. The summed E-state index contributed by atoms with van der Waals surface area (Å²) in [5.74, 6) is 0.218. The summed E-state index contributed by atoms with van der Waals surface area (Å²) >= 11 is 0. The molecule has 4 heteroatoms. The number of amides is 1. The van der Waals surface area contributed by atoms with Crippen LogP contribution in [0.15, 0.2) is 0 Å². The number of methoxy groups -OCH3 is 1. The smallest absolute Gasteiger partial charge is 0.227 e. The maximum atomic E-state index is 12.1. The van der Waals surface area contributed by atoms with Gasteiger partial charge in [0.1, 0.15) is 0 Å². The van der Waals surface area contributed by atoms with Gasteiger partial charge in [0.25, 0.3) is 0 Å². The van der Waals surface area contributed by atoms with Crippen LogP contribution in [0.2, 0.25) is 0 Å². The number of nitrogens with one attached hydrogen (secondary N) is 2. The lowest BCUT2D eigenvalue weighted by Crippen LogP contribution is -2.43. The Labute approximate surface area is 98.1 Å². The molecule has 0 spiro atoms. The second kappa shape index (κ2) is 6.86. The van der Waals surface area contributed by atoms with Crippen molar-refractivity contribution in [2.45, 2.75) is 32.6 Å². The molecular formula is C12H24N2O2. The molecule has 1 aliphatic rings. The fraction of sp³-hybridized carbons (Fsp3) is 0.917. The van der Waals surface area contributed by atoms with E-state index >= 15 is 0 Å². The second-order valence-electron chi connectivity index (χ2n) is 4.56. The molecule has 1 saturated heterocycles. The van der Waals surface area contributed by atoms with Crippen LogP contribution in [0, 0.1) is 5.41 Å². The molecule has 1 aliphatic heterocycles. The van der Waals surface area contributed by atoms with E-state index in [1.54, 1.807) is 7.11 Å². The van der Waals surface area contributed by atoms with Crippen molar-refractivity contribution >= 4 is 5.91 Å². The van der Waals surface area contributed by atoms with E-state index in [1.165, 1.54) is 0 Å². The van der Waals surface area contributed by atoms with E-state index in [1.807, 2.05) is 0 Å². The Morgan fingerprint density at radius 3 is 2.94 bits per heavy atom. The molecule has 0 aromatic heterocycles. The van der Waals surface area contributed by atoms with Crippen molar-refractivity contribution in [1.29, 1.82) is 0 Å². The highest BCUT2D eigenvalue weighted by Gasteiger charge is 2.39. The summed E-state index contributed by atoms with van der Waals surface area (Å²) in [7, 11) is 1.68. The quantitative estimate of drug-likeness (QED) is 0.637. The third kappa shape index (κ3) is 3.46.